The molecular weight excluding hydrogens is 1390 g/mol. The van der Waals surface area contributed by atoms with Gasteiger partial charge in [-0.3, -0.25) is 38.4 Å². The molecule has 2 unspecified atom stereocenters. The highest BCUT2D eigenvalue weighted by Gasteiger charge is 2.67. The van der Waals surface area contributed by atoms with Gasteiger partial charge in [0.05, 0.1) is 12.2 Å². The molecule has 18 N–H and O–H groups in total. The van der Waals surface area contributed by atoms with E-state index in [-0.39, 0.29) is 108 Å². The second-order valence-corrected chi connectivity index (χ2v) is 37.6. The van der Waals surface area contributed by atoms with Gasteiger partial charge in [0, 0.05) is 76.3 Å². The number of fused-ring (bicyclic) bond motifs is 10. The van der Waals surface area contributed by atoms with Crippen molar-refractivity contribution in [2.24, 2.45) is 116 Å². The molecule has 8 aliphatic carbocycles. The Morgan fingerprint density at radius 1 is 0.445 bits per heavy atom. The van der Waals surface area contributed by atoms with Gasteiger partial charge in [0.25, 0.3) is 21.7 Å². The Morgan fingerprint density at radius 2 is 0.791 bits per heavy atom. The molecule has 0 heterocycles. The molecule has 0 bridgehead atoms. The first-order valence-corrected chi connectivity index (χ1v) is 43.8. The summed E-state index contributed by atoms with van der Waals surface area (Å²) in [6, 6.07) is 6.23. The van der Waals surface area contributed by atoms with Crippen molar-refractivity contribution >= 4 is 46.4 Å². The van der Waals surface area contributed by atoms with Gasteiger partial charge < -0.3 is 75.7 Å². The van der Waals surface area contributed by atoms with Crippen LogP contribution in [0.4, 0.5) is 22.7 Å². The normalized spacial score (nSPS) is 34.0. The van der Waals surface area contributed by atoms with Crippen LogP contribution in [-0.4, -0.2) is 108 Å². The molecule has 4 amide bonds. The molecule has 8 fully saturated rings. The van der Waals surface area contributed by atoms with Crippen LogP contribution in [0.3, 0.4) is 0 Å². The number of hydrogen-bond acceptors (Lipinski definition) is 18. The van der Waals surface area contributed by atoms with Crippen molar-refractivity contribution < 1.29 is 29.4 Å². The molecule has 8 aliphatic rings. The molecule has 0 radical (unpaired) electrons. The highest BCUT2D eigenvalue weighted by molar-refractivity contribution is 5.88. The van der Waals surface area contributed by atoms with Crippen LogP contribution in [0.25, 0.3) is 0 Å². The fourth-order valence-corrected chi connectivity index (χ4v) is 24.7. The Bertz CT molecular complexity index is 3490. The first-order valence-electron chi connectivity index (χ1n) is 43.8. The Hall–Kier alpha value is -5.78. The van der Waals surface area contributed by atoms with Crippen molar-refractivity contribution in [3.8, 4) is 0 Å². The summed E-state index contributed by atoms with van der Waals surface area (Å²) in [5, 5.41) is 46.3. The highest BCUT2D eigenvalue weighted by atomic mass is 16.3. The van der Waals surface area contributed by atoms with Crippen molar-refractivity contribution in [1.29, 1.82) is 0 Å². The number of nitrogens with two attached hydrogens (primary N) is 4. The lowest BCUT2D eigenvalue weighted by Gasteiger charge is -2.64. The standard InChI is InChI=1S/C88H142N12O10/c1-9-11-15-39-93-75-77(81(107)79(75)105)95-41-17-13-23-67(99-71(103)25-19-21-51(3)59-31-33-61-73-63(47-69(91)87(59,61)7)85(5)37-35-57(101)43-55(85)45-65(73)89)83(109)97-49-53-27-29-54(30-28-53)50-98-84(110)68(24-14-18-42-96-78-76(80(106)82(78)108)94-40-16-12-10-2)100-72(104)26-20-22-52(4)60-32-34-62-74-64(48-70(92)88(60,62)8)86(6)38-36-58(102)44-56(86)46-66(74)90/h27-30,51-52,55-70,73-74,93-96,101-102H,9-26,31-50,89-92H2,1-8H3,(H,97,109)(H,98,110)(H,99,103)(H,100,104)/t51-,52-,55+,56+,57-,58-,59-,60-,61+,62+,63+,64+,65-,66-,67?,68?,69+,70+,73+,74+,85+,86+,87-,88-/m1/s1. The summed E-state index contributed by atoms with van der Waals surface area (Å²) in [4.78, 5) is 107. The van der Waals surface area contributed by atoms with E-state index >= 15 is 0 Å². The number of anilines is 4. The zero-order chi connectivity index (χ0) is 79.0. The quantitative estimate of drug-likeness (QED) is 0.0186. The van der Waals surface area contributed by atoms with E-state index in [1.165, 1.54) is 0 Å². The molecule has 614 valence electrons. The van der Waals surface area contributed by atoms with Crippen LogP contribution < -0.4 is 87.2 Å². The summed E-state index contributed by atoms with van der Waals surface area (Å²) in [5.41, 5.74) is 30.1. The first-order chi connectivity index (χ1) is 52.6. The smallest absolute Gasteiger partial charge is 0.253 e. The van der Waals surface area contributed by atoms with E-state index in [0.717, 1.165) is 152 Å². The maximum absolute atomic E-state index is 14.3. The molecule has 0 aromatic heterocycles. The SMILES string of the molecule is CCCCCNc1c(NCCCCC(NC(=O)CCC[C@@H](C)[C@H]2CC[C@H]3[C@@H]4[C@H](N)C[C@@H]5C[C@H](O)CC[C@]5(C)[C@H]4C[C@H](N)[C@]23C)C(=O)NCc2ccc(CNC(=O)C(CCCCNc3c(NCCCCC)c(=O)c3=O)NC(=O)CCC[C@@H](C)[C@H]3CC[C@H]4[C@@H]5[C@H](N)C[C@@H]6C[C@H](O)CC[C@]6(C)[C@H]5C[C@H](N)[C@]34C)cc2)c(=O)c1=O. The monoisotopic (exact) mass is 1530 g/mol. The van der Waals surface area contributed by atoms with Gasteiger partial charge in [0.1, 0.15) is 34.8 Å². The van der Waals surface area contributed by atoms with E-state index in [2.05, 4.69) is 97.9 Å². The third kappa shape index (κ3) is 18.1. The van der Waals surface area contributed by atoms with E-state index in [0.29, 0.717) is 171 Å². The molecule has 0 spiro atoms. The van der Waals surface area contributed by atoms with Crippen LogP contribution >= 0.6 is 0 Å². The zero-order valence-electron chi connectivity index (χ0n) is 68.2. The van der Waals surface area contributed by atoms with E-state index in [9.17, 15) is 48.6 Å². The van der Waals surface area contributed by atoms with Crippen molar-refractivity contribution in [1.82, 2.24) is 21.3 Å². The number of aliphatic hydroxyl groups is 2. The summed E-state index contributed by atoms with van der Waals surface area (Å²) < 4.78 is 0. The van der Waals surface area contributed by atoms with Gasteiger partial charge in [-0.1, -0.05) is 105 Å². The molecule has 11 rings (SSSR count). The van der Waals surface area contributed by atoms with E-state index < -0.39 is 33.8 Å². The average molecular weight is 1530 g/mol. The Kier molecular flexibility index (Phi) is 28.8. The van der Waals surface area contributed by atoms with Gasteiger partial charge in [0.15, 0.2) is 0 Å². The fraction of sp³-hybridized carbons (Fsp3) is 0.795. The fourth-order valence-electron chi connectivity index (χ4n) is 24.7. The van der Waals surface area contributed by atoms with Crippen molar-refractivity contribution in [2.45, 2.75) is 322 Å². The second kappa shape index (κ2) is 37.2. The number of benzene rings is 1. The molecular formula is C88H142N12O10. The van der Waals surface area contributed by atoms with Crippen LogP contribution in [0.5, 0.6) is 0 Å². The molecule has 22 nitrogen and oxygen atoms in total. The minimum absolute atomic E-state index is 0.0488. The van der Waals surface area contributed by atoms with Crippen molar-refractivity contribution in [3.05, 3.63) is 76.3 Å². The highest BCUT2D eigenvalue weighted by Crippen LogP contribution is 2.70. The van der Waals surface area contributed by atoms with Crippen LogP contribution in [-0.2, 0) is 32.3 Å². The average Bonchev–Trinajstić information content (AvgIpc) is 1.40. The van der Waals surface area contributed by atoms with Gasteiger partial charge in [0.2, 0.25) is 23.6 Å². The van der Waals surface area contributed by atoms with E-state index in [4.69, 9.17) is 22.9 Å². The summed E-state index contributed by atoms with van der Waals surface area (Å²) in [6.07, 6.45) is 25.6. The lowest BCUT2D eigenvalue weighted by atomic mass is 9.42. The number of carbonyl (C=O) groups excluding carboxylic acids is 4. The Balaban J connectivity index is 0.677. The van der Waals surface area contributed by atoms with Gasteiger partial charge in [-0.05, 0) is 271 Å². The topological polar surface area (TPSA) is 377 Å². The van der Waals surface area contributed by atoms with Gasteiger partial charge in [-0.15, -0.1) is 0 Å². The van der Waals surface area contributed by atoms with Crippen molar-refractivity contribution in [3.63, 3.8) is 0 Å². The molecule has 22 heteroatoms. The lowest BCUT2D eigenvalue weighted by molar-refractivity contribution is -0.143. The van der Waals surface area contributed by atoms with Gasteiger partial charge in [-0.25, -0.2) is 0 Å². The third-order valence-corrected chi connectivity index (χ3v) is 31.2. The number of amides is 4. The summed E-state index contributed by atoms with van der Waals surface area (Å²) in [5.74, 6) is 3.95. The molecule has 110 heavy (non-hydrogen) atoms. The van der Waals surface area contributed by atoms with Crippen LogP contribution in [0, 0.1) is 92.7 Å². The van der Waals surface area contributed by atoms with E-state index in [1.807, 2.05) is 24.3 Å². The van der Waals surface area contributed by atoms with Crippen LogP contribution in [0.15, 0.2) is 43.4 Å². The maximum Gasteiger partial charge on any atom is 0.253 e. The van der Waals surface area contributed by atoms with Gasteiger partial charge >= 0.3 is 0 Å². The molecule has 3 aromatic carbocycles. The summed E-state index contributed by atoms with van der Waals surface area (Å²) in [7, 11) is 0. The Labute approximate surface area is 655 Å². The molecule has 8 saturated carbocycles. The van der Waals surface area contributed by atoms with Gasteiger partial charge in [-0.2, -0.15) is 0 Å². The molecule has 0 saturated heterocycles. The maximum atomic E-state index is 14.3. The lowest BCUT2D eigenvalue weighted by Crippen LogP contribution is -2.65. The minimum Gasteiger partial charge on any atom is -0.393 e. The number of aliphatic hydroxyl groups excluding tert-OH is 2. The summed E-state index contributed by atoms with van der Waals surface area (Å²) >= 11 is 0. The first kappa shape index (κ1) is 85.1. The Morgan fingerprint density at radius 3 is 1.14 bits per heavy atom. The molecule has 0 aliphatic heterocycles. The largest absolute Gasteiger partial charge is 0.393 e. The number of unbranched alkanes of at least 4 members (excludes halogenated alkanes) is 6. The van der Waals surface area contributed by atoms with Crippen molar-refractivity contribution in [2.75, 3.05) is 47.4 Å². The predicted octanol–water partition coefficient (Wildman–Crippen LogP) is 10.3. The third-order valence-electron chi connectivity index (χ3n) is 31.2. The number of carbonyl (C=O) groups is 4. The summed E-state index contributed by atoms with van der Waals surface area (Å²) in [6.45, 7) is 21.1. The predicted molar refractivity (Wildman–Crippen MR) is 439 cm³/mol. The minimum atomic E-state index is -0.826. The number of hydrogen-bond donors (Lipinski definition) is 14. The van der Waals surface area contributed by atoms with E-state index in [1.54, 1.807) is 0 Å². The molecule has 3 aromatic rings. The number of nitrogens with one attached hydrogen (secondary N) is 8. The number of rotatable bonds is 40. The van der Waals surface area contributed by atoms with Crippen LogP contribution in [0.2, 0.25) is 0 Å². The second-order valence-electron chi connectivity index (χ2n) is 37.6. The molecule has 24 atom stereocenters. The van der Waals surface area contributed by atoms with Crippen LogP contribution in [0.1, 0.15) is 272 Å². The zero-order valence-corrected chi connectivity index (χ0v) is 68.2.